The summed E-state index contributed by atoms with van der Waals surface area (Å²) in [6, 6.07) is 4.75. The van der Waals surface area contributed by atoms with E-state index in [1.807, 2.05) is 6.07 Å². The Kier molecular flexibility index (Phi) is 4.33. The Labute approximate surface area is 126 Å². The lowest BCUT2D eigenvalue weighted by atomic mass is 10.1. The summed E-state index contributed by atoms with van der Waals surface area (Å²) in [6.45, 7) is 8.75. The average Bonchev–Trinajstić information content (AvgIpc) is 2.46. The van der Waals surface area contributed by atoms with Crippen molar-refractivity contribution in [3.8, 4) is 6.07 Å². The molecule has 0 N–H and O–H groups in total. The molecule has 1 aromatic heterocycles. The van der Waals surface area contributed by atoms with Crippen molar-refractivity contribution in [2.24, 2.45) is 0 Å². The zero-order valence-corrected chi connectivity index (χ0v) is 13.4. The van der Waals surface area contributed by atoms with Crippen LogP contribution in [0.5, 0.6) is 0 Å². The van der Waals surface area contributed by atoms with Gasteiger partial charge in [0, 0.05) is 37.9 Å². The van der Waals surface area contributed by atoms with Crippen molar-refractivity contribution < 1.29 is 8.42 Å². The topological polar surface area (TPSA) is 77.3 Å². The summed E-state index contributed by atoms with van der Waals surface area (Å²) in [5.41, 5.74) is 0.262. The number of hydrogen-bond acceptors (Lipinski definition) is 5. The highest BCUT2D eigenvalue weighted by Gasteiger charge is 2.32. The predicted octanol–water partition coefficient (Wildman–Crippen LogP) is 1.06. The summed E-state index contributed by atoms with van der Waals surface area (Å²) >= 11 is 0. The Bertz CT molecular complexity index is 633. The van der Waals surface area contributed by atoms with Crippen LogP contribution in [0.2, 0.25) is 0 Å². The molecule has 114 valence electrons. The van der Waals surface area contributed by atoms with Gasteiger partial charge in [-0.15, -0.1) is 0 Å². The average molecular weight is 308 g/mol. The van der Waals surface area contributed by atoms with Crippen LogP contribution in [-0.2, 0) is 10.0 Å². The molecule has 0 unspecified atom stereocenters. The van der Waals surface area contributed by atoms with E-state index in [4.69, 9.17) is 5.26 Å². The van der Waals surface area contributed by atoms with Gasteiger partial charge in [-0.05, 0) is 32.9 Å². The number of rotatable bonds is 2. The van der Waals surface area contributed by atoms with E-state index < -0.39 is 10.0 Å². The SMILES string of the molecule is CC(C)(C)N1CCN(S(=O)(=O)c2ccc(C#N)nc2)CC1. The van der Waals surface area contributed by atoms with E-state index in [2.05, 4.69) is 30.7 Å². The van der Waals surface area contributed by atoms with Gasteiger partial charge in [0.2, 0.25) is 10.0 Å². The molecule has 1 fully saturated rings. The zero-order valence-electron chi connectivity index (χ0n) is 12.6. The van der Waals surface area contributed by atoms with E-state index in [-0.39, 0.29) is 16.1 Å². The summed E-state index contributed by atoms with van der Waals surface area (Å²) in [4.78, 5) is 6.25. The first-order chi connectivity index (χ1) is 9.75. The zero-order chi connectivity index (χ0) is 15.7. The maximum absolute atomic E-state index is 12.5. The van der Waals surface area contributed by atoms with E-state index in [1.165, 1.54) is 22.6 Å². The van der Waals surface area contributed by atoms with E-state index in [0.717, 1.165) is 0 Å². The highest BCUT2D eigenvalue weighted by atomic mass is 32.2. The lowest BCUT2D eigenvalue weighted by molar-refractivity contribution is 0.0922. The Morgan fingerprint density at radius 2 is 1.81 bits per heavy atom. The summed E-state index contributed by atoms with van der Waals surface area (Å²) in [7, 11) is -3.52. The van der Waals surface area contributed by atoms with Gasteiger partial charge in [0.1, 0.15) is 16.7 Å². The Hall–Kier alpha value is -1.49. The molecule has 0 bridgehead atoms. The Morgan fingerprint density at radius 1 is 1.19 bits per heavy atom. The number of sulfonamides is 1. The fourth-order valence-electron chi connectivity index (χ4n) is 2.35. The molecule has 0 atom stereocenters. The molecule has 0 saturated carbocycles. The second-order valence-corrected chi connectivity index (χ2v) is 7.99. The number of nitrogens with zero attached hydrogens (tertiary/aromatic N) is 4. The van der Waals surface area contributed by atoms with Crippen molar-refractivity contribution in [2.75, 3.05) is 26.2 Å². The van der Waals surface area contributed by atoms with Crippen molar-refractivity contribution in [3.63, 3.8) is 0 Å². The van der Waals surface area contributed by atoms with Crippen molar-refractivity contribution >= 4 is 10.0 Å². The van der Waals surface area contributed by atoms with E-state index in [9.17, 15) is 8.42 Å². The monoisotopic (exact) mass is 308 g/mol. The quantitative estimate of drug-likeness (QED) is 0.816. The number of hydrogen-bond donors (Lipinski definition) is 0. The maximum Gasteiger partial charge on any atom is 0.244 e. The van der Waals surface area contributed by atoms with Gasteiger partial charge in [-0.1, -0.05) is 0 Å². The summed E-state index contributed by atoms with van der Waals surface area (Å²) < 4.78 is 26.5. The first-order valence-corrected chi connectivity index (χ1v) is 8.30. The molecule has 21 heavy (non-hydrogen) atoms. The Morgan fingerprint density at radius 3 is 2.24 bits per heavy atom. The highest BCUT2D eigenvalue weighted by Crippen LogP contribution is 2.20. The van der Waals surface area contributed by atoms with Crippen LogP contribution in [0, 0.1) is 11.3 Å². The van der Waals surface area contributed by atoms with Gasteiger partial charge in [0.25, 0.3) is 0 Å². The molecule has 2 rings (SSSR count). The molecule has 1 aliphatic heterocycles. The normalized spacial score (nSPS) is 18.4. The molecule has 0 aromatic carbocycles. The van der Waals surface area contributed by atoms with Gasteiger partial charge in [-0.25, -0.2) is 13.4 Å². The van der Waals surface area contributed by atoms with Gasteiger partial charge in [-0.3, -0.25) is 4.90 Å². The molecule has 7 heteroatoms. The van der Waals surface area contributed by atoms with Crippen LogP contribution in [0.1, 0.15) is 26.5 Å². The van der Waals surface area contributed by atoms with Gasteiger partial charge >= 0.3 is 0 Å². The lowest BCUT2D eigenvalue weighted by Gasteiger charge is -2.41. The van der Waals surface area contributed by atoms with Crippen LogP contribution in [0.3, 0.4) is 0 Å². The summed E-state index contributed by atoms with van der Waals surface area (Å²) in [5, 5.41) is 8.71. The largest absolute Gasteiger partial charge is 0.296 e. The maximum atomic E-state index is 12.5. The van der Waals surface area contributed by atoms with E-state index in [1.54, 1.807) is 0 Å². The molecule has 0 amide bonds. The highest BCUT2D eigenvalue weighted by molar-refractivity contribution is 7.89. The third-order valence-corrected chi connectivity index (χ3v) is 5.56. The number of pyridine rings is 1. The van der Waals surface area contributed by atoms with E-state index >= 15 is 0 Å². The first kappa shape index (κ1) is 15.9. The number of nitriles is 1. The standard InChI is InChI=1S/C14H20N4O2S/c1-14(2,3)17-6-8-18(9-7-17)21(19,20)13-5-4-12(10-15)16-11-13/h4-5,11H,6-9H2,1-3H3. The third kappa shape index (κ3) is 3.40. The molecular weight excluding hydrogens is 288 g/mol. The second-order valence-electron chi connectivity index (χ2n) is 6.05. The van der Waals surface area contributed by atoms with Gasteiger partial charge in [-0.2, -0.15) is 9.57 Å². The fourth-order valence-corrected chi connectivity index (χ4v) is 3.72. The van der Waals surface area contributed by atoms with Crippen LogP contribution >= 0.6 is 0 Å². The molecule has 1 saturated heterocycles. The Balaban J connectivity index is 2.13. The minimum Gasteiger partial charge on any atom is -0.296 e. The molecule has 0 spiro atoms. The van der Waals surface area contributed by atoms with Crippen molar-refractivity contribution in [1.82, 2.24) is 14.2 Å². The minimum atomic E-state index is -3.52. The summed E-state index contributed by atoms with van der Waals surface area (Å²) in [6.07, 6.45) is 1.25. The molecule has 0 aliphatic carbocycles. The first-order valence-electron chi connectivity index (χ1n) is 6.86. The molecule has 1 aromatic rings. The van der Waals surface area contributed by atoms with Crippen LogP contribution in [0.25, 0.3) is 0 Å². The lowest BCUT2D eigenvalue weighted by Crippen LogP contribution is -2.54. The van der Waals surface area contributed by atoms with Gasteiger partial charge < -0.3 is 0 Å². The van der Waals surface area contributed by atoms with Crippen molar-refractivity contribution in [1.29, 1.82) is 5.26 Å². The molecule has 1 aliphatic rings. The molecular formula is C14H20N4O2S. The van der Waals surface area contributed by atoms with Gasteiger partial charge in [0.05, 0.1) is 0 Å². The smallest absolute Gasteiger partial charge is 0.244 e. The van der Waals surface area contributed by atoms with Crippen LogP contribution in [0.4, 0.5) is 0 Å². The van der Waals surface area contributed by atoms with Crippen LogP contribution in [-0.4, -0.2) is 54.3 Å². The second kappa shape index (κ2) is 5.72. The number of piperazine rings is 1. The van der Waals surface area contributed by atoms with Crippen LogP contribution in [0.15, 0.2) is 23.2 Å². The fraction of sp³-hybridized carbons (Fsp3) is 0.571. The van der Waals surface area contributed by atoms with Crippen LogP contribution < -0.4 is 0 Å². The van der Waals surface area contributed by atoms with Crippen molar-refractivity contribution in [3.05, 3.63) is 24.0 Å². The molecule has 2 heterocycles. The predicted molar refractivity (Wildman–Crippen MR) is 79.0 cm³/mol. The van der Waals surface area contributed by atoms with Crippen molar-refractivity contribution in [2.45, 2.75) is 31.2 Å². The minimum absolute atomic E-state index is 0.0475. The molecule has 0 radical (unpaired) electrons. The summed E-state index contributed by atoms with van der Waals surface area (Å²) in [5.74, 6) is 0. The molecule has 6 nitrogen and oxygen atoms in total. The van der Waals surface area contributed by atoms with E-state index in [0.29, 0.717) is 26.2 Å². The number of aromatic nitrogens is 1. The third-order valence-electron chi connectivity index (χ3n) is 3.68. The van der Waals surface area contributed by atoms with Gasteiger partial charge in [0.15, 0.2) is 0 Å².